The van der Waals surface area contributed by atoms with Crippen LogP contribution in [0.4, 0.5) is 0 Å². The lowest BCUT2D eigenvalue weighted by molar-refractivity contribution is 0.0901. The van der Waals surface area contributed by atoms with Gasteiger partial charge in [-0.2, -0.15) is 0 Å². The van der Waals surface area contributed by atoms with E-state index in [9.17, 15) is 4.79 Å². The fourth-order valence-corrected chi connectivity index (χ4v) is 2.27. The van der Waals surface area contributed by atoms with Gasteiger partial charge in [0.15, 0.2) is 0 Å². The average Bonchev–Trinajstić information content (AvgIpc) is 2.95. The topological polar surface area (TPSA) is 55.3 Å². The predicted molar refractivity (Wildman–Crippen MR) is 69.7 cm³/mol. The highest BCUT2D eigenvalue weighted by Gasteiger charge is 2.30. The molecule has 1 atom stereocenters. The molecule has 1 aliphatic rings. The third-order valence-corrected chi connectivity index (χ3v) is 3.38. The highest BCUT2D eigenvalue weighted by atomic mass is 16.5. The van der Waals surface area contributed by atoms with Crippen LogP contribution in [0.5, 0.6) is 0 Å². The van der Waals surface area contributed by atoms with Crippen molar-refractivity contribution in [2.45, 2.75) is 25.4 Å². The number of nitrogens with one attached hydrogen (secondary N) is 2. The van der Waals surface area contributed by atoms with Crippen molar-refractivity contribution in [1.29, 1.82) is 0 Å². The number of carbonyl (C=O) groups is 1. The molecule has 0 spiro atoms. The molecule has 2 N–H and O–H groups in total. The molecule has 0 bridgehead atoms. The Morgan fingerprint density at radius 1 is 1.67 bits per heavy atom. The minimum Gasteiger partial charge on any atom is -0.383 e. The van der Waals surface area contributed by atoms with E-state index in [1.165, 1.54) is 0 Å². The van der Waals surface area contributed by atoms with Crippen molar-refractivity contribution in [3.63, 3.8) is 0 Å². The van der Waals surface area contributed by atoms with Crippen LogP contribution >= 0.6 is 0 Å². The third kappa shape index (κ3) is 2.91. The lowest BCUT2D eigenvalue weighted by Gasteiger charge is -2.24. The zero-order valence-corrected chi connectivity index (χ0v) is 11.0. The van der Waals surface area contributed by atoms with E-state index in [4.69, 9.17) is 4.74 Å². The quantitative estimate of drug-likeness (QED) is 0.806. The molecule has 1 aromatic heterocycles. The molecule has 1 aromatic rings. The maximum absolute atomic E-state index is 12.3. The normalized spacial score (nSPS) is 23.2. The molecule has 0 radical (unpaired) electrons. The smallest absolute Gasteiger partial charge is 0.268 e. The highest BCUT2D eigenvalue weighted by Crippen LogP contribution is 2.14. The van der Waals surface area contributed by atoms with E-state index in [2.05, 4.69) is 17.6 Å². The van der Waals surface area contributed by atoms with E-state index in [-0.39, 0.29) is 11.4 Å². The summed E-state index contributed by atoms with van der Waals surface area (Å²) in [5.74, 6) is -0.0118. The summed E-state index contributed by atoms with van der Waals surface area (Å²) in [6.07, 6.45) is 2.88. The van der Waals surface area contributed by atoms with Crippen LogP contribution < -0.4 is 10.6 Å². The Kier molecular flexibility index (Phi) is 4.04. The first-order valence-electron chi connectivity index (χ1n) is 6.32. The first kappa shape index (κ1) is 13.1. The van der Waals surface area contributed by atoms with Gasteiger partial charge in [0.25, 0.3) is 5.91 Å². The van der Waals surface area contributed by atoms with Crippen molar-refractivity contribution in [2.75, 3.05) is 26.8 Å². The first-order chi connectivity index (χ1) is 8.64. The second kappa shape index (κ2) is 5.54. The third-order valence-electron chi connectivity index (χ3n) is 3.38. The Bertz CT molecular complexity index is 408. The zero-order chi connectivity index (χ0) is 13.0. The van der Waals surface area contributed by atoms with Crippen molar-refractivity contribution >= 4 is 5.91 Å². The number of nitrogens with zero attached hydrogens (tertiary/aromatic N) is 1. The van der Waals surface area contributed by atoms with Crippen LogP contribution in [0.1, 0.15) is 23.8 Å². The summed E-state index contributed by atoms with van der Waals surface area (Å²) in [6.45, 7) is 5.17. The fourth-order valence-electron chi connectivity index (χ4n) is 2.27. The standard InChI is InChI=1S/C13H21N3O2/c1-13(5-6-14-10-13)15-12(17)11-4-3-7-16(11)8-9-18-2/h3-4,7,14H,5-6,8-10H2,1-2H3,(H,15,17). The summed E-state index contributed by atoms with van der Waals surface area (Å²) in [7, 11) is 1.66. The van der Waals surface area contributed by atoms with Crippen LogP contribution in [0.3, 0.4) is 0 Å². The number of aromatic nitrogens is 1. The molecule has 0 saturated carbocycles. The van der Waals surface area contributed by atoms with E-state index >= 15 is 0 Å². The molecule has 1 amide bonds. The van der Waals surface area contributed by atoms with Gasteiger partial charge in [0.1, 0.15) is 5.69 Å². The van der Waals surface area contributed by atoms with Crippen LogP contribution in [0.2, 0.25) is 0 Å². The molecule has 1 aliphatic heterocycles. The van der Waals surface area contributed by atoms with Crippen molar-refractivity contribution in [2.24, 2.45) is 0 Å². The van der Waals surface area contributed by atoms with Gasteiger partial charge in [-0.3, -0.25) is 4.79 Å². The van der Waals surface area contributed by atoms with Gasteiger partial charge in [-0.1, -0.05) is 0 Å². The molecule has 100 valence electrons. The number of ether oxygens (including phenoxy) is 1. The number of carbonyl (C=O) groups excluding carboxylic acids is 1. The number of amides is 1. The minimum atomic E-state index is -0.132. The Labute approximate surface area is 108 Å². The largest absolute Gasteiger partial charge is 0.383 e. The second-order valence-electron chi connectivity index (χ2n) is 5.02. The Morgan fingerprint density at radius 3 is 3.17 bits per heavy atom. The summed E-state index contributed by atoms with van der Waals surface area (Å²) in [4.78, 5) is 12.3. The molecule has 5 heteroatoms. The first-order valence-corrected chi connectivity index (χ1v) is 6.32. The fraction of sp³-hybridized carbons (Fsp3) is 0.615. The highest BCUT2D eigenvalue weighted by molar-refractivity contribution is 5.93. The molecule has 5 nitrogen and oxygen atoms in total. The zero-order valence-electron chi connectivity index (χ0n) is 11.0. The molecular formula is C13H21N3O2. The van der Waals surface area contributed by atoms with Crippen LogP contribution in [0, 0.1) is 0 Å². The summed E-state index contributed by atoms with van der Waals surface area (Å²) in [5, 5.41) is 6.38. The van der Waals surface area contributed by atoms with Crippen LogP contribution in [0.25, 0.3) is 0 Å². The summed E-state index contributed by atoms with van der Waals surface area (Å²) < 4.78 is 6.96. The van der Waals surface area contributed by atoms with Gasteiger partial charge in [-0.05, 0) is 32.0 Å². The van der Waals surface area contributed by atoms with E-state index in [0.717, 1.165) is 19.5 Å². The average molecular weight is 251 g/mol. The maximum Gasteiger partial charge on any atom is 0.268 e. The lowest BCUT2D eigenvalue weighted by Crippen LogP contribution is -2.48. The van der Waals surface area contributed by atoms with E-state index in [1.807, 2.05) is 22.9 Å². The number of methoxy groups -OCH3 is 1. The molecule has 2 heterocycles. The second-order valence-corrected chi connectivity index (χ2v) is 5.02. The Balaban J connectivity index is 2.02. The van der Waals surface area contributed by atoms with Gasteiger partial charge in [-0.15, -0.1) is 0 Å². The summed E-state index contributed by atoms with van der Waals surface area (Å²) in [5.41, 5.74) is 0.563. The molecular weight excluding hydrogens is 230 g/mol. The van der Waals surface area contributed by atoms with Crippen molar-refractivity contribution in [1.82, 2.24) is 15.2 Å². The van der Waals surface area contributed by atoms with E-state index in [0.29, 0.717) is 18.8 Å². The molecule has 1 saturated heterocycles. The van der Waals surface area contributed by atoms with Gasteiger partial charge in [0, 0.05) is 26.4 Å². The monoisotopic (exact) mass is 251 g/mol. The van der Waals surface area contributed by atoms with Crippen LogP contribution in [0.15, 0.2) is 18.3 Å². The van der Waals surface area contributed by atoms with E-state index in [1.54, 1.807) is 7.11 Å². The van der Waals surface area contributed by atoms with E-state index < -0.39 is 0 Å². The van der Waals surface area contributed by atoms with Crippen molar-refractivity contribution in [3.8, 4) is 0 Å². The molecule has 1 unspecified atom stereocenters. The van der Waals surface area contributed by atoms with Gasteiger partial charge in [0.05, 0.1) is 12.1 Å². The minimum absolute atomic E-state index is 0.0118. The molecule has 1 fully saturated rings. The van der Waals surface area contributed by atoms with Crippen molar-refractivity contribution in [3.05, 3.63) is 24.0 Å². The Morgan fingerprint density at radius 2 is 2.50 bits per heavy atom. The van der Waals surface area contributed by atoms with Crippen molar-refractivity contribution < 1.29 is 9.53 Å². The molecule has 0 aliphatic carbocycles. The van der Waals surface area contributed by atoms with Gasteiger partial charge in [0.2, 0.25) is 0 Å². The van der Waals surface area contributed by atoms with Gasteiger partial charge < -0.3 is 19.9 Å². The predicted octanol–water partition coefficient (Wildman–Crippen LogP) is 0.616. The number of hydrogen-bond acceptors (Lipinski definition) is 3. The van der Waals surface area contributed by atoms with Crippen LogP contribution in [-0.4, -0.2) is 42.8 Å². The lowest BCUT2D eigenvalue weighted by atomic mass is 10.0. The molecule has 0 aromatic carbocycles. The summed E-state index contributed by atoms with van der Waals surface area (Å²) in [6, 6.07) is 3.73. The summed E-state index contributed by atoms with van der Waals surface area (Å²) >= 11 is 0. The van der Waals surface area contributed by atoms with Gasteiger partial charge >= 0.3 is 0 Å². The van der Waals surface area contributed by atoms with Gasteiger partial charge in [-0.25, -0.2) is 0 Å². The van der Waals surface area contributed by atoms with Crippen LogP contribution in [-0.2, 0) is 11.3 Å². The maximum atomic E-state index is 12.3. The number of rotatable bonds is 5. The molecule has 18 heavy (non-hydrogen) atoms. The Hall–Kier alpha value is -1.33. The number of hydrogen-bond donors (Lipinski definition) is 2. The molecule has 2 rings (SSSR count). The SMILES string of the molecule is COCCn1cccc1C(=O)NC1(C)CCNC1.